The predicted molar refractivity (Wildman–Crippen MR) is 81.9 cm³/mol. The van der Waals surface area contributed by atoms with Crippen molar-refractivity contribution >= 4 is 33.2 Å². The minimum absolute atomic E-state index is 0.155. The molecule has 112 valence electrons. The van der Waals surface area contributed by atoms with Gasteiger partial charge in [0.05, 0.1) is 5.02 Å². The minimum atomic E-state index is -3.56. The van der Waals surface area contributed by atoms with Crippen LogP contribution >= 0.6 is 23.2 Å². The maximum absolute atomic E-state index is 12.7. The molecule has 0 saturated carbocycles. The first kappa shape index (κ1) is 16.0. The highest BCUT2D eigenvalue weighted by Crippen LogP contribution is 2.27. The second-order valence-electron chi connectivity index (χ2n) is 4.96. The molecule has 2 rings (SSSR count). The average molecular weight is 337 g/mol. The molecule has 1 aromatic rings. The second-order valence-corrected chi connectivity index (χ2v) is 7.54. The molecule has 0 radical (unpaired) electrons. The number of sulfonamides is 1. The fourth-order valence-corrected chi connectivity index (χ4v) is 4.39. The Morgan fingerprint density at radius 1 is 1.20 bits per heavy atom. The van der Waals surface area contributed by atoms with Crippen LogP contribution in [0.2, 0.25) is 5.02 Å². The average Bonchev–Trinajstić information content (AvgIpc) is 2.64. The molecular formula is C13H18Cl2N2O2S. The van der Waals surface area contributed by atoms with Crippen molar-refractivity contribution in [3.63, 3.8) is 0 Å². The number of likely N-dealkylation sites (N-methyl/N-ethyl adjacent to an activating group) is 1. The zero-order chi connectivity index (χ0) is 14.8. The van der Waals surface area contributed by atoms with Crippen LogP contribution in [0.5, 0.6) is 0 Å². The first-order valence-corrected chi connectivity index (χ1v) is 8.83. The molecule has 4 nitrogen and oxygen atoms in total. The van der Waals surface area contributed by atoms with Crippen LogP contribution in [0.15, 0.2) is 23.1 Å². The molecule has 1 aliphatic rings. The highest BCUT2D eigenvalue weighted by atomic mass is 35.5. The highest BCUT2D eigenvalue weighted by Gasteiger charge is 2.28. The fourth-order valence-electron chi connectivity index (χ4n) is 2.23. The van der Waals surface area contributed by atoms with E-state index in [0.717, 1.165) is 25.1 Å². The summed E-state index contributed by atoms with van der Waals surface area (Å²) in [6.07, 6.45) is 0.822. The molecule has 0 atom stereocenters. The summed E-state index contributed by atoms with van der Waals surface area (Å²) in [4.78, 5) is 2.29. The normalized spacial score (nSPS) is 18.9. The van der Waals surface area contributed by atoms with Crippen LogP contribution in [0.3, 0.4) is 0 Å². The van der Waals surface area contributed by atoms with Crippen LogP contribution in [0.4, 0.5) is 0 Å². The lowest BCUT2D eigenvalue weighted by atomic mass is 10.2. The van der Waals surface area contributed by atoms with E-state index in [9.17, 15) is 8.42 Å². The van der Waals surface area contributed by atoms with Gasteiger partial charge in [0.2, 0.25) is 10.0 Å². The van der Waals surface area contributed by atoms with Gasteiger partial charge in [-0.2, -0.15) is 4.31 Å². The largest absolute Gasteiger partial charge is 0.305 e. The van der Waals surface area contributed by atoms with E-state index < -0.39 is 10.0 Å². The Morgan fingerprint density at radius 2 is 1.95 bits per heavy atom. The molecule has 1 aliphatic heterocycles. The molecule has 0 amide bonds. The van der Waals surface area contributed by atoms with Gasteiger partial charge in [-0.05, 0) is 37.7 Å². The van der Waals surface area contributed by atoms with Gasteiger partial charge in [-0.1, -0.05) is 17.7 Å². The molecule has 1 fully saturated rings. The monoisotopic (exact) mass is 336 g/mol. The van der Waals surface area contributed by atoms with Gasteiger partial charge in [-0.3, -0.25) is 0 Å². The Balaban J connectivity index is 2.34. The molecule has 7 heteroatoms. The van der Waals surface area contributed by atoms with E-state index in [1.54, 1.807) is 18.2 Å². The van der Waals surface area contributed by atoms with Gasteiger partial charge in [0.15, 0.2) is 0 Å². The zero-order valence-corrected chi connectivity index (χ0v) is 13.7. The molecule has 0 N–H and O–H groups in total. The smallest absolute Gasteiger partial charge is 0.244 e. The van der Waals surface area contributed by atoms with E-state index in [0.29, 0.717) is 13.1 Å². The Bertz CT molecular complexity index is 578. The van der Waals surface area contributed by atoms with Gasteiger partial charge >= 0.3 is 0 Å². The van der Waals surface area contributed by atoms with E-state index in [-0.39, 0.29) is 15.8 Å². The Hall–Kier alpha value is -0.330. The van der Waals surface area contributed by atoms with Crippen molar-refractivity contribution < 1.29 is 8.42 Å². The number of benzene rings is 1. The van der Waals surface area contributed by atoms with Gasteiger partial charge in [-0.15, -0.1) is 11.6 Å². The summed E-state index contributed by atoms with van der Waals surface area (Å²) in [7, 11) is -1.56. The number of hydrogen-bond acceptors (Lipinski definition) is 3. The van der Waals surface area contributed by atoms with Crippen LogP contribution in [0.1, 0.15) is 12.0 Å². The van der Waals surface area contributed by atoms with Gasteiger partial charge in [-0.25, -0.2) is 8.42 Å². The number of alkyl halides is 1. The van der Waals surface area contributed by atoms with Crippen molar-refractivity contribution in [2.24, 2.45) is 0 Å². The summed E-state index contributed by atoms with van der Waals surface area (Å²) >= 11 is 11.8. The lowest BCUT2D eigenvalue weighted by Crippen LogP contribution is -2.34. The summed E-state index contributed by atoms with van der Waals surface area (Å²) in [6.45, 7) is 2.64. The first-order valence-electron chi connectivity index (χ1n) is 6.48. The maximum Gasteiger partial charge on any atom is 0.244 e. The topological polar surface area (TPSA) is 40.6 Å². The molecule has 0 bridgehead atoms. The molecule has 0 aliphatic carbocycles. The molecule has 0 unspecified atom stereocenters. The van der Waals surface area contributed by atoms with E-state index in [1.165, 1.54) is 4.31 Å². The van der Waals surface area contributed by atoms with Crippen molar-refractivity contribution in [3.05, 3.63) is 28.8 Å². The van der Waals surface area contributed by atoms with Crippen molar-refractivity contribution in [2.75, 3.05) is 33.2 Å². The summed E-state index contributed by atoms with van der Waals surface area (Å²) in [5.41, 5.74) is 0.751. The number of rotatable bonds is 3. The third kappa shape index (κ3) is 3.46. The summed E-state index contributed by atoms with van der Waals surface area (Å²) < 4.78 is 26.9. The van der Waals surface area contributed by atoms with E-state index in [1.807, 2.05) is 7.05 Å². The number of halogens is 2. The second kappa shape index (κ2) is 6.62. The van der Waals surface area contributed by atoms with Gasteiger partial charge in [0.25, 0.3) is 0 Å². The van der Waals surface area contributed by atoms with Crippen molar-refractivity contribution in [2.45, 2.75) is 17.2 Å². The van der Waals surface area contributed by atoms with Crippen molar-refractivity contribution in [1.82, 2.24) is 9.21 Å². The Labute approximate surface area is 130 Å². The quantitative estimate of drug-likeness (QED) is 0.796. The van der Waals surface area contributed by atoms with E-state index in [2.05, 4.69) is 4.90 Å². The summed E-state index contributed by atoms with van der Waals surface area (Å²) in [5, 5.41) is 0.247. The standard InChI is InChI=1S/C13H18Cl2N2O2S/c1-16-5-2-6-17(8-7-16)20(18,19)13-9-11(10-14)3-4-12(13)15/h3-4,9H,2,5-8,10H2,1H3. The summed E-state index contributed by atoms with van der Waals surface area (Å²) in [5.74, 6) is 0.266. The van der Waals surface area contributed by atoms with Crippen LogP contribution in [-0.4, -0.2) is 50.8 Å². The number of nitrogens with zero attached hydrogens (tertiary/aromatic N) is 2. The molecular weight excluding hydrogens is 319 g/mol. The van der Waals surface area contributed by atoms with Crippen LogP contribution in [0.25, 0.3) is 0 Å². The fraction of sp³-hybridized carbons (Fsp3) is 0.538. The van der Waals surface area contributed by atoms with Crippen LogP contribution in [-0.2, 0) is 15.9 Å². The zero-order valence-electron chi connectivity index (χ0n) is 11.3. The molecule has 20 heavy (non-hydrogen) atoms. The van der Waals surface area contributed by atoms with Gasteiger partial charge < -0.3 is 4.90 Å². The minimum Gasteiger partial charge on any atom is -0.305 e. The van der Waals surface area contributed by atoms with Crippen molar-refractivity contribution in [1.29, 1.82) is 0 Å². The van der Waals surface area contributed by atoms with Gasteiger partial charge in [0.1, 0.15) is 4.90 Å². The molecule has 0 aromatic heterocycles. The maximum atomic E-state index is 12.7. The van der Waals surface area contributed by atoms with Crippen molar-refractivity contribution in [3.8, 4) is 0 Å². The van der Waals surface area contributed by atoms with E-state index >= 15 is 0 Å². The Kier molecular flexibility index (Phi) is 5.31. The summed E-state index contributed by atoms with van der Waals surface area (Å²) in [6, 6.07) is 4.90. The number of hydrogen-bond donors (Lipinski definition) is 0. The predicted octanol–water partition coefficient (Wildman–Crippen LogP) is 2.41. The SMILES string of the molecule is CN1CCCN(S(=O)(=O)c2cc(CCl)ccc2Cl)CC1. The molecule has 1 heterocycles. The third-order valence-corrected chi connectivity index (χ3v) is 6.14. The van der Waals surface area contributed by atoms with Crippen LogP contribution in [0, 0.1) is 0 Å². The van der Waals surface area contributed by atoms with E-state index in [4.69, 9.17) is 23.2 Å². The lowest BCUT2D eigenvalue weighted by Gasteiger charge is -2.21. The Morgan fingerprint density at radius 3 is 2.65 bits per heavy atom. The molecule has 1 aromatic carbocycles. The third-order valence-electron chi connectivity index (χ3n) is 3.45. The molecule has 1 saturated heterocycles. The van der Waals surface area contributed by atoms with Crippen LogP contribution < -0.4 is 0 Å². The lowest BCUT2D eigenvalue weighted by molar-refractivity contribution is 0.347. The highest BCUT2D eigenvalue weighted by molar-refractivity contribution is 7.89. The first-order chi connectivity index (χ1) is 9.45. The molecule has 0 spiro atoms. The van der Waals surface area contributed by atoms with Gasteiger partial charge in [0, 0.05) is 25.5 Å².